The molecule has 4 nitrogen and oxygen atoms in total. The summed E-state index contributed by atoms with van der Waals surface area (Å²) in [6.07, 6.45) is 2.88. The summed E-state index contributed by atoms with van der Waals surface area (Å²) in [5.74, 6) is 0.558. The van der Waals surface area contributed by atoms with Gasteiger partial charge in [0.2, 0.25) is 9.84 Å². The first kappa shape index (κ1) is 22.4. The van der Waals surface area contributed by atoms with Crippen LogP contribution in [0.4, 0.5) is 13.2 Å². The maximum Gasteiger partial charge on any atom is 0.416 e. The second-order valence-electron chi connectivity index (χ2n) is 7.11. The summed E-state index contributed by atoms with van der Waals surface area (Å²) in [6, 6.07) is 9.42. The molecule has 1 aliphatic rings. The molecule has 0 aliphatic carbocycles. The summed E-state index contributed by atoms with van der Waals surface area (Å²) < 4.78 is 68.9. The van der Waals surface area contributed by atoms with E-state index in [2.05, 4.69) is 17.1 Å². The van der Waals surface area contributed by atoms with Gasteiger partial charge in [0, 0.05) is 13.1 Å². The van der Waals surface area contributed by atoms with E-state index < -0.39 is 21.6 Å². The van der Waals surface area contributed by atoms with Crippen molar-refractivity contribution in [2.75, 3.05) is 26.2 Å². The smallest absolute Gasteiger partial charge is 0.416 e. The molecule has 1 aliphatic heterocycles. The first-order valence-corrected chi connectivity index (χ1v) is 11.3. The van der Waals surface area contributed by atoms with Crippen LogP contribution in [0.2, 0.25) is 0 Å². The van der Waals surface area contributed by atoms with Gasteiger partial charge in [-0.3, -0.25) is 4.90 Å². The van der Waals surface area contributed by atoms with E-state index in [9.17, 15) is 21.6 Å². The van der Waals surface area contributed by atoms with Crippen LogP contribution in [-0.2, 0) is 16.0 Å². The molecule has 8 heteroatoms. The zero-order chi connectivity index (χ0) is 21.6. The Morgan fingerprint density at radius 1 is 0.900 bits per heavy atom. The number of sulfone groups is 1. The van der Waals surface area contributed by atoms with E-state index >= 15 is 0 Å². The van der Waals surface area contributed by atoms with Gasteiger partial charge in [0.25, 0.3) is 0 Å². The van der Waals surface area contributed by atoms with E-state index in [4.69, 9.17) is 4.74 Å². The largest absolute Gasteiger partial charge is 0.494 e. The van der Waals surface area contributed by atoms with Crippen LogP contribution in [0.1, 0.15) is 24.8 Å². The third-order valence-electron chi connectivity index (χ3n) is 4.91. The molecule has 1 heterocycles. The molecular weight excluding hydrogens is 415 g/mol. The molecule has 0 unspecified atom stereocenters. The van der Waals surface area contributed by atoms with Gasteiger partial charge in [0.05, 0.1) is 22.0 Å². The quantitative estimate of drug-likeness (QED) is 0.431. The van der Waals surface area contributed by atoms with Crippen molar-refractivity contribution < 1.29 is 26.3 Å². The lowest BCUT2D eigenvalue weighted by Gasteiger charge is -2.22. The third kappa shape index (κ3) is 5.86. The van der Waals surface area contributed by atoms with Crippen molar-refractivity contribution in [3.05, 3.63) is 66.2 Å². The van der Waals surface area contributed by atoms with Crippen LogP contribution in [0.5, 0.6) is 5.75 Å². The Kier molecular flexibility index (Phi) is 7.20. The number of hydrogen-bond acceptors (Lipinski definition) is 4. The zero-order valence-electron chi connectivity index (χ0n) is 16.4. The Morgan fingerprint density at radius 3 is 2.10 bits per heavy atom. The van der Waals surface area contributed by atoms with Crippen LogP contribution in [0.15, 0.2) is 70.5 Å². The summed E-state index contributed by atoms with van der Waals surface area (Å²) in [6.45, 7) is 3.65. The van der Waals surface area contributed by atoms with E-state index in [1.165, 1.54) is 12.1 Å². The summed E-state index contributed by atoms with van der Waals surface area (Å²) in [7, 11) is -3.89. The van der Waals surface area contributed by atoms with Crippen LogP contribution in [0, 0.1) is 0 Å². The average Bonchev–Trinajstić information content (AvgIpc) is 2.74. The van der Waals surface area contributed by atoms with Crippen molar-refractivity contribution in [1.29, 1.82) is 0 Å². The van der Waals surface area contributed by atoms with Gasteiger partial charge >= 0.3 is 6.18 Å². The first-order valence-electron chi connectivity index (χ1n) is 9.79. The second kappa shape index (κ2) is 9.66. The van der Waals surface area contributed by atoms with E-state index in [-0.39, 0.29) is 9.79 Å². The lowest BCUT2D eigenvalue weighted by atomic mass is 10.2. The molecule has 0 saturated carbocycles. The van der Waals surface area contributed by atoms with Gasteiger partial charge in [-0.15, -0.1) is 0 Å². The third-order valence-corrected chi connectivity index (χ3v) is 6.69. The molecule has 0 amide bonds. The van der Waals surface area contributed by atoms with Crippen molar-refractivity contribution >= 4 is 9.84 Å². The Morgan fingerprint density at radius 2 is 1.53 bits per heavy atom. The van der Waals surface area contributed by atoms with Crippen LogP contribution in [0.3, 0.4) is 0 Å². The summed E-state index contributed by atoms with van der Waals surface area (Å²) >= 11 is 0. The monoisotopic (exact) mass is 439 g/mol. The molecule has 0 fully saturated rings. The second-order valence-corrected chi connectivity index (χ2v) is 9.06. The van der Waals surface area contributed by atoms with E-state index in [0.717, 1.165) is 63.2 Å². The van der Waals surface area contributed by atoms with Gasteiger partial charge in [-0.05, 0) is 74.3 Å². The molecular formula is C22H24F3NO3S. The van der Waals surface area contributed by atoms with Gasteiger partial charge in [-0.1, -0.05) is 12.2 Å². The topological polar surface area (TPSA) is 46.6 Å². The molecule has 3 rings (SSSR count). The van der Waals surface area contributed by atoms with Crippen LogP contribution < -0.4 is 4.74 Å². The standard InChI is InChI=1S/C22H24F3NO3S/c23-22(24,25)18-6-10-20(11-7-18)30(27,28)21-12-8-19(9-13-21)29-17-5-4-16-26-14-2-1-3-15-26/h1-2,6-13H,3-5,14-17H2. The number of nitrogens with zero attached hydrogens (tertiary/aromatic N) is 1. The van der Waals surface area contributed by atoms with Gasteiger partial charge < -0.3 is 4.74 Å². The number of rotatable bonds is 8. The molecule has 0 bridgehead atoms. The van der Waals surface area contributed by atoms with Crippen LogP contribution in [0.25, 0.3) is 0 Å². The fourth-order valence-electron chi connectivity index (χ4n) is 3.19. The number of benzene rings is 2. The lowest BCUT2D eigenvalue weighted by Crippen LogP contribution is -2.28. The predicted molar refractivity (Wildman–Crippen MR) is 108 cm³/mol. The van der Waals surface area contributed by atoms with Crippen LogP contribution >= 0.6 is 0 Å². The van der Waals surface area contributed by atoms with Gasteiger partial charge in [0.15, 0.2) is 0 Å². The highest BCUT2D eigenvalue weighted by atomic mass is 32.2. The zero-order valence-corrected chi connectivity index (χ0v) is 17.3. The maximum absolute atomic E-state index is 12.7. The van der Waals surface area contributed by atoms with Crippen molar-refractivity contribution in [3.8, 4) is 5.75 Å². The molecule has 30 heavy (non-hydrogen) atoms. The summed E-state index contributed by atoms with van der Waals surface area (Å²) in [5.41, 5.74) is -0.887. The van der Waals surface area contributed by atoms with Gasteiger partial charge in [-0.2, -0.15) is 13.2 Å². The number of unbranched alkanes of at least 4 members (excludes halogenated alkanes) is 1. The average molecular weight is 439 g/mol. The fraction of sp³-hybridized carbons (Fsp3) is 0.364. The number of hydrogen-bond donors (Lipinski definition) is 0. The SMILES string of the molecule is O=S(=O)(c1ccc(OCCCCN2CC=CCC2)cc1)c1ccc(C(F)(F)F)cc1. The minimum absolute atomic E-state index is 0.00719. The number of ether oxygens (including phenoxy) is 1. The highest BCUT2D eigenvalue weighted by Crippen LogP contribution is 2.31. The van der Waals surface area contributed by atoms with Crippen LogP contribution in [-0.4, -0.2) is 39.6 Å². The van der Waals surface area contributed by atoms with Crippen molar-refractivity contribution in [3.63, 3.8) is 0 Å². The number of alkyl halides is 3. The van der Waals surface area contributed by atoms with Gasteiger partial charge in [0.1, 0.15) is 5.75 Å². The molecule has 0 spiro atoms. The highest BCUT2D eigenvalue weighted by Gasteiger charge is 2.30. The molecule has 0 aromatic heterocycles. The van der Waals surface area contributed by atoms with E-state index in [0.29, 0.717) is 12.4 Å². The first-order chi connectivity index (χ1) is 14.3. The van der Waals surface area contributed by atoms with E-state index in [1.54, 1.807) is 12.1 Å². The van der Waals surface area contributed by atoms with E-state index in [1.807, 2.05) is 0 Å². The van der Waals surface area contributed by atoms with Crippen molar-refractivity contribution in [1.82, 2.24) is 4.90 Å². The molecule has 162 valence electrons. The van der Waals surface area contributed by atoms with Crippen molar-refractivity contribution in [2.24, 2.45) is 0 Å². The Bertz CT molecular complexity index is 953. The molecule has 0 atom stereocenters. The highest BCUT2D eigenvalue weighted by molar-refractivity contribution is 7.91. The van der Waals surface area contributed by atoms with Gasteiger partial charge in [-0.25, -0.2) is 8.42 Å². The minimum atomic E-state index is -4.51. The molecule has 0 radical (unpaired) electrons. The molecule has 0 N–H and O–H groups in total. The maximum atomic E-state index is 12.7. The molecule has 2 aromatic rings. The predicted octanol–water partition coefficient (Wildman–Crippen LogP) is 4.96. The summed E-state index contributed by atoms with van der Waals surface area (Å²) in [5, 5.41) is 0. The molecule has 0 saturated heterocycles. The summed E-state index contributed by atoms with van der Waals surface area (Å²) in [4.78, 5) is 2.21. The minimum Gasteiger partial charge on any atom is -0.494 e. The lowest BCUT2D eigenvalue weighted by molar-refractivity contribution is -0.137. The number of halogens is 3. The molecule has 2 aromatic carbocycles. The fourth-order valence-corrected chi connectivity index (χ4v) is 4.46. The van der Waals surface area contributed by atoms with Crippen molar-refractivity contribution in [2.45, 2.75) is 35.2 Å². The Balaban J connectivity index is 1.52. The normalized spacial score (nSPS) is 15.3. The Hall–Kier alpha value is -2.32. The Labute approximate surface area is 174 Å².